The normalized spacial score (nSPS) is 10.0. The first-order valence-corrected chi connectivity index (χ1v) is 8.26. The number of rotatable bonds is 8. The van der Waals surface area contributed by atoms with Crippen molar-refractivity contribution in [2.75, 3.05) is 25.0 Å². The summed E-state index contributed by atoms with van der Waals surface area (Å²) in [6.07, 6.45) is 0.865. The highest BCUT2D eigenvalue weighted by atomic mass is 127. The summed E-state index contributed by atoms with van der Waals surface area (Å²) in [5, 5.41) is 6.14. The van der Waals surface area contributed by atoms with Crippen LogP contribution in [-0.4, -0.2) is 25.6 Å². The molecule has 4 nitrogen and oxygen atoms in total. The van der Waals surface area contributed by atoms with Crippen LogP contribution in [0.4, 0.5) is 5.69 Å². The molecule has 1 amide bonds. The van der Waals surface area contributed by atoms with E-state index in [1.165, 1.54) is 0 Å². The van der Waals surface area contributed by atoms with Crippen LogP contribution in [0.15, 0.2) is 54.6 Å². The van der Waals surface area contributed by atoms with E-state index in [9.17, 15) is 4.79 Å². The van der Waals surface area contributed by atoms with Gasteiger partial charge in [-0.05, 0) is 65.4 Å². The zero-order valence-corrected chi connectivity index (χ0v) is 14.4. The summed E-state index contributed by atoms with van der Waals surface area (Å²) in [6, 6.07) is 17.6. The number of hydrogen-bond donors (Lipinski definition) is 2. The van der Waals surface area contributed by atoms with Gasteiger partial charge in [-0.3, -0.25) is 4.79 Å². The van der Waals surface area contributed by atoms with Gasteiger partial charge in [0, 0.05) is 22.3 Å². The van der Waals surface area contributed by atoms with Gasteiger partial charge in [0.2, 0.25) is 0 Å². The number of carbonyl (C=O) groups is 1. The topological polar surface area (TPSA) is 50.4 Å². The van der Waals surface area contributed by atoms with Crippen molar-refractivity contribution >= 4 is 34.2 Å². The lowest BCUT2D eigenvalue weighted by atomic mass is 10.3. The molecule has 0 atom stereocenters. The van der Waals surface area contributed by atoms with E-state index in [-0.39, 0.29) is 12.5 Å². The molecular formula is C17H19IN2O2. The standard InChI is InChI=1S/C17H19IN2O2/c18-14-7-9-16(10-8-14)22-13-17(21)20-12-4-11-19-15-5-2-1-3-6-15/h1-3,5-10,19H,4,11-13H2,(H,20,21). The monoisotopic (exact) mass is 410 g/mol. The maximum Gasteiger partial charge on any atom is 0.257 e. The number of ether oxygens (including phenoxy) is 1. The smallest absolute Gasteiger partial charge is 0.257 e. The van der Waals surface area contributed by atoms with Gasteiger partial charge in [0.25, 0.3) is 5.91 Å². The number of anilines is 1. The Hall–Kier alpha value is -1.76. The van der Waals surface area contributed by atoms with E-state index in [1.54, 1.807) is 0 Å². The van der Waals surface area contributed by atoms with Gasteiger partial charge in [-0.1, -0.05) is 18.2 Å². The third-order valence-electron chi connectivity index (χ3n) is 2.96. The number of carbonyl (C=O) groups excluding carboxylic acids is 1. The van der Waals surface area contributed by atoms with Crippen LogP contribution in [0.3, 0.4) is 0 Å². The van der Waals surface area contributed by atoms with Gasteiger partial charge in [-0.15, -0.1) is 0 Å². The Morgan fingerprint density at radius 3 is 2.45 bits per heavy atom. The molecule has 0 heterocycles. The van der Waals surface area contributed by atoms with E-state index in [0.29, 0.717) is 12.3 Å². The van der Waals surface area contributed by atoms with Crippen molar-refractivity contribution < 1.29 is 9.53 Å². The molecule has 2 rings (SSSR count). The number of hydrogen-bond acceptors (Lipinski definition) is 3. The van der Waals surface area contributed by atoms with E-state index in [1.807, 2.05) is 54.6 Å². The minimum Gasteiger partial charge on any atom is -0.484 e. The molecule has 0 radical (unpaired) electrons. The van der Waals surface area contributed by atoms with Gasteiger partial charge >= 0.3 is 0 Å². The Labute approximate surface area is 144 Å². The minimum absolute atomic E-state index is 0.0483. The average molecular weight is 410 g/mol. The molecule has 0 saturated heterocycles. The van der Waals surface area contributed by atoms with Crippen LogP contribution < -0.4 is 15.4 Å². The zero-order chi connectivity index (χ0) is 15.6. The van der Waals surface area contributed by atoms with Crippen molar-refractivity contribution in [3.05, 3.63) is 58.2 Å². The maximum absolute atomic E-state index is 11.7. The highest BCUT2D eigenvalue weighted by molar-refractivity contribution is 14.1. The summed E-state index contributed by atoms with van der Waals surface area (Å²) in [7, 11) is 0. The predicted octanol–water partition coefficient (Wildman–Crippen LogP) is 3.29. The predicted molar refractivity (Wildman–Crippen MR) is 97.2 cm³/mol. The average Bonchev–Trinajstić information content (AvgIpc) is 2.55. The second-order valence-corrected chi connectivity index (χ2v) is 5.98. The molecule has 22 heavy (non-hydrogen) atoms. The minimum atomic E-state index is -0.0988. The number of benzene rings is 2. The summed E-state index contributed by atoms with van der Waals surface area (Å²) >= 11 is 2.23. The Morgan fingerprint density at radius 1 is 1.00 bits per heavy atom. The first kappa shape index (κ1) is 16.6. The van der Waals surface area contributed by atoms with E-state index in [2.05, 4.69) is 33.2 Å². The van der Waals surface area contributed by atoms with Crippen LogP contribution in [0.2, 0.25) is 0 Å². The van der Waals surface area contributed by atoms with Crippen LogP contribution in [-0.2, 0) is 4.79 Å². The summed E-state index contributed by atoms with van der Waals surface area (Å²) in [5.41, 5.74) is 1.09. The summed E-state index contributed by atoms with van der Waals surface area (Å²) in [6.45, 7) is 1.50. The Bertz CT molecular complexity index is 573. The van der Waals surface area contributed by atoms with Crippen molar-refractivity contribution in [2.24, 2.45) is 0 Å². The van der Waals surface area contributed by atoms with E-state index in [4.69, 9.17) is 4.74 Å². The molecule has 0 aliphatic carbocycles. The summed E-state index contributed by atoms with van der Waals surface area (Å²) < 4.78 is 6.56. The van der Waals surface area contributed by atoms with Crippen molar-refractivity contribution in [1.29, 1.82) is 0 Å². The van der Waals surface area contributed by atoms with Crippen LogP contribution >= 0.6 is 22.6 Å². The van der Waals surface area contributed by atoms with Crippen molar-refractivity contribution in [2.45, 2.75) is 6.42 Å². The molecular weight excluding hydrogens is 391 g/mol. The molecule has 0 aliphatic rings. The third kappa shape index (κ3) is 6.34. The quantitative estimate of drug-likeness (QED) is 0.519. The zero-order valence-electron chi connectivity index (χ0n) is 12.2. The Morgan fingerprint density at radius 2 is 1.73 bits per heavy atom. The fraction of sp³-hybridized carbons (Fsp3) is 0.235. The Kier molecular flexibility index (Phi) is 7.02. The number of halogens is 1. The molecule has 0 spiro atoms. The van der Waals surface area contributed by atoms with Gasteiger partial charge in [-0.2, -0.15) is 0 Å². The summed E-state index contributed by atoms with van der Waals surface area (Å²) in [4.78, 5) is 11.7. The van der Waals surface area contributed by atoms with Crippen LogP contribution in [0.5, 0.6) is 5.75 Å². The van der Waals surface area contributed by atoms with Crippen LogP contribution in [0.25, 0.3) is 0 Å². The lowest BCUT2D eigenvalue weighted by Crippen LogP contribution is -2.30. The van der Waals surface area contributed by atoms with Gasteiger partial charge in [0.1, 0.15) is 5.75 Å². The van der Waals surface area contributed by atoms with E-state index in [0.717, 1.165) is 22.2 Å². The van der Waals surface area contributed by atoms with Gasteiger partial charge in [0.05, 0.1) is 0 Å². The second-order valence-electron chi connectivity index (χ2n) is 4.74. The Balaban J connectivity index is 1.55. The molecule has 0 unspecified atom stereocenters. The molecule has 2 aromatic carbocycles. The fourth-order valence-electron chi connectivity index (χ4n) is 1.84. The molecule has 5 heteroatoms. The highest BCUT2D eigenvalue weighted by Gasteiger charge is 2.02. The van der Waals surface area contributed by atoms with Crippen molar-refractivity contribution in [3.63, 3.8) is 0 Å². The van der Waals surface area contributed by atoms with Crippen LogP contribution in [0, 0.1) is 3.57 Å². The van der Waals surface area contributed by atoms with Crippen molar-refractivity contribution in [1.82, 2.24) is 5.32 Å². The van der Waals surface area contributed by atoms with Crippen LogP contribution in [0.1, 0.15) is 6.42 Å². The van der Waals surface area contributed by atoms with E-state index < -0.39 is 0 Å². The number of nitrogens with one attached hydrogen (secondary N) is 2. The summed E-state index contributed by atoms with van der Waals surface area (Å²) in [5.74, 6) is 0.611. The third-order valence-corrected chi connectivity index (χ3v) is 3.68. The largest absolute Gasteiger partial charge is 0.484 e. The molecule has 0 aromatic heterocycles. The maximum atomic E-state index is 11.7. The molecule has 0 bridgehead atoms. The fourth-order valence-corrected chi connectivity index (χ4v) is 2.20. The molecule has 0 saturated carbocycles. The molecule has 0 fully saturated rings. The highest BCUT2D eigenvalue weighted by Crippen LogP contribution is 2.13. The molecule has 116 valence electrons. The molecule has 2 N–H and O–H groups in total. The lowest BCUT2D eigenvalue weighted by Gasteiger charge is -2.08. The van der Waals surface area contributed by atoms with Gasteiger partial charge < -0.3 is 15.4 Å². The number of para-hydroxylation sites is 1. The number of amides is 1. The first-order chi connectivity index (χ1) is 10.7. The second kappa shape index (κ2) is 9.30. The molecule has 0 aliphatic heterocycles. The molecule has 2 aromatic rings. The SMILES string of the molecule is O=C(COc1ccc(I)cc1)NCCCNc1ccccc1. The van der Waals surface area contributed by atoms with Crippen molar-refractivity contribution in [3.8, 4) is 5.75 Å². The first-order valence-electron chi connectivity index (χ1n) is 7.18. The lowest BCUT2D eigenvalue weighted by molar-refractivity contribution is -0.123. The van der Waals surface area contributed by atoms with Gasteiger partial charge in [0.15, 0.2) is 6.61 Å². The van der Waals surface area contributed by atoms with Gasteiger partial charge in [-0.25, -0.2) is 0 Å². The van der Waals surface area contributed by atoms with E-state index >= 15 is 0 Å².